The lowest BCUT2D eigenvalue weighted by atomic mass is 9.84. The lowest BCUT2D eigenvalue weighted by Crippen LogP contribution is -2.01. The van der Waals surface area contributed by atoms with Crippen molar-refractivity contribution in [3.05, 3.63) is 142 Å². The highest BCUT2D eigenvalue weighted by Crippen LogP contribution is 2.52. The third-order valence-corrected chi connectivity index (χ3v) is 5.93. The van der Waals surface area contributed by atoms with Gasteiger partial charge in [-0.25, -0.2) is 0 Å². The van der Waals surface area contributed by atoms with Crippen molar-refractivity contribution in [3.8, 4) is 0 Å². The highest BCUT2D eigenvalue weighted by Gasteiger charge is 2.33. The van der Waals surface area contributed by atoms with Crippen LogP contribution >= 0.6 is 0 Å². The molecule has 1 aliphatic carbocycles. The van der Waals surface area contributed by atoms with Gasteiger partial charge < -0.3 is 0 Å². The molecule has 0 heterocycles. The van der Waals surface area contributed by atoms with Crippen LogP contribution in [0, 0.1) is 13.8 Å². The quantitative estimate of drug-likeness (QED) is 0.351. The molecule has 4 aromatic rings. The van der Waals surface area contributed by atoms with E-state index in [4.69, 9.17) is 0 Å². The van der Waals surface area contributed by atoms with Crippen molar-refractivity contribution >= 4 is 11.1 Å². The maximum absolute atomic E-state index is 2.30. The zero-order valence-electron chi connectivity index (χ0n) is 16.9. The van der Waals surface area contributed by atoms with E-state index in [1.54, 1.807) is 0 Å². The smallest absolute Gasteiger partial charge is 0.0358 e. The van der Waals surface area contributed by atoms with Gasteiger partial charge in [0.05, 0.1) is 0 Å². The van der Waals surface area contributed by atoms with Crippen LogP contribution in [0.2, 0.25) is 0 Å². The Bertz CT molecular complexity index is 1180. The van der Waals surface area contributed by atoms with Crippen LogP contribution in [0.25, 0.3) is 11.1 Å². The Kier molecular flexibility index (Phi) is 4.41. The fraction of sp³-hybridized carbons (Fsp3) is 0.103. The number of rotatable bonds is 3. The van der Waals surface area contributed by atoms with Crippen LogP contribution < -0.4 is 0 Å². The lowest BCUT2D eigenvalue weighted by Gasteiger charge is -2.19. The summed E-state index contributed by atoms with van der Waals surface area (Å²) in [5, 5.41) is 0. The molecular weight excluding hydrogens is 348 g/mol. The van der Waals surface area contributed by atoms with Crippen molar-refractivity contribution in [1.82, 2.24) is 0 Å². The molecule has 1 aliphatic rings. The van der Waals surface area contributed by atoms with E-state index in [0.717, 1.165) is 0 Å². The van der Waals surface area contributed by atoms with Crippen LogP contribution in [0.1, 0.15) is 44.9 Å². The zero-order valence-corrected chi connectivity index (χ0v) is 16.9. The first-order chi connectivity index (χ1) is 14.2. The van der Waals surface area contributed by atoms with E-state index in [1.165, 1.54) is 50.1 Å². The van der Waals surface area contributed by atoms with Gasteiger partial charge in [0.1, 0.15) is 0 Å². The van der Waals surface area contributed by atoms with E-state index in [-0.39, 0.29) is 5.92 Å². The molecule has 0 nitrogen and oxygen atoms in total. The second kappa shape index (κ2) is 7.22. The van der Waals surface area contributed by atoms with Crippen molar-refractivity contribution in [1.29, 1.82) is 0 Å². The number of fused-ring (bicyclic) bond motifs is 1. The van der Waals surface area contributed by atoms with Crippen LogP contribution in [0.15, 0.2) is 103 Å². The van der Waals surface area contributed by atoms with Gasteiger partial charge in [-0.15, -0.1) is 0 Å². The number of benzene rings is 4. The van der Waals surface area contributed by atoms with E-state index in [2.05, 4.69) is 117 Å². The molecule has 0 aromatic heterocycles. The van der Waals surface area contributed by atoms with E-state index >= 15 is 0 Å². The summed E-state index contributed by atoms with van der Waals surface area (Å²) in [7, 11) is 0. The molecule has 29 heavy (non-hydrogen) atoms. The molecule has 1 unspecified atom stereocenters. The van der Waals surface area contributed by atoms with Crippen LogP contribution in [0.3, 0.4) is 0 Å². The molecule has 0 N–H and O–H groups in total. The van der Waals surface area contributed by atoms with Gasteiger partial charge in [0.25, 0.3) is 0 Å². The van der Waals surface area contributed by atoms with Gasteiger partial charge in [-0.1, -0.05) is 114 Å². The maximum Gasteiger partial charge on any atom is 0.0358 e. The van der Waals surface area contributed by atoms with Gasteiger partial charge in [0.2, 0.25) is 0 Å². The summed E-state index contributed by atoms with van der Waals surface area (Å²) < 4.78 is 0. The molecule has 0 fully saturated rings. The molecule has 0 spiro atoms. The molecule has 1 atom stereocenters. The summed E-state index contributed by atoms with van der Waals surface area (Å²) in [5.41, 5.74) is 12.0. The predicted octanol–water partition coefficient (Wildman–Crippen LogP) is 7.41. The van der Waals surface area contributed by atoms with Crippen molar-refractivity contribution in [3.63, 3.8) is 0 Å². The third-order valence-electron chi connectivity index (χ3n) is 5.93. The lowest BCUT2D eigenvalue weighted by molar-refractivity contribution is 1.06. The van der Waals surface area contributed by atoms with E-state index in [9.17, 15) is 0 Å². The summed E-state index contributed by atoms with van der Waals surface area (Å²) in [6, 6.07) is 37.8. The molecule has 0 saturated carbocycles. The van der Waals surface area contributed by atoms with E-state index in [1.807, 2.05) is 0 Å². The van der Waals surface area contributed by atoms with Gasteiger partial charge in [-0.2, -0.15) is 0 Å². The van der Waals surface area contributed by atoms with Crippen LogP contribution in [0.5, 0.6) is 0 Å². The molecule has 0 radical (unpaired) electrons. The van der Waals surface area contributed by atoms with Crippen LogP contribution in [-0.2, 0) is 0 Å². The molecule has 0 saturated heterocycles. The fourth-order valence-corrected chi connectivity index (χ4v) is 4.49. The molecular formula is C29H24. The maximum atomic E-state index is 2.30. The Morgan fingerprint density at radius 2 is 1.10 bits per heavy atom. The van der Waals surface area contributed by atoms with Gasteiger partial charge in [0.15, 0.2) is 0 Å². The summed E-state index contributed by atoms with van der Waals surface area (Å²) in [6.07, 6.45) is 0. The van der Waals surface area contributed by atoms with E-state index < -0.39 is 0 Å². The number of hydrogen-bond acceptors (Lipinski definition) is 0. The summed E-state index contributed by atoms with van der Waals surface area (Å²) in [5.74, 6) is 0.241. The largest absolute Gasteiger partial charge is 0.0622 e. The predicted molar refractivity (Wildman–Crippen MR) is 123 cm³/mol. The molecule has 0 heteroatoms. The second-order valence-electron chi connectivity index (χ2n) is 7.95. The third kappa shape index (κ3) is 3.11. The molecule has 4 aromatic carbocycles. The Labute approximate surface area is 173 Å². The molecule has 0 bridgehead atoms. The highest BCUT2D eigenvalue weighted by atomic mass is 14.4. The van der Waals surface area contributed by atoms with Crippen molar-refractivity contribution in [2.45, 2.75) is 19.8 Å². The molecule has 0 aliphatic heterocycles. The minimum absolute atomic E-state index is 0.241. The summed E-state index contributed by atoms with van der Waals surface area (Å²) >= 11 is 0. The normalized spacial score (nSPS) is 15.4. The van der Waals surface area contributed by atoms with Gasteiger partial charge in [0, 0.05) is 5.92 Å². The minimum Gasteiger partial charge on any atom is -0.0622 e. The molecule has 5 rings (SSSR count). The topological polar surface area (TPSA) is 0 Å². The highest BCUT2D eigenvalue weighted by molar-refractivity contribution is 6.06. The molecule has 0 amide bonds. The van der Waals surface area contributed by atoms with Crippen molar-refractivity contribution in [2.75, 3.05) is 0 Å². The van der Waals surface area contributed by atoms with E-state index in [0.29, 0.717) is 0 Å². The van der Waals surface area contributed by atoms with Crippen molar-refractivity contribution in [2.24, 2.45) is 0 Å². The first-order valence-electron chi connectivity index (χ1n) is 10.2. The number of allylic oxidation sites excluding steroid dienone is 1. The minimum atomic E-state index is 0.241. The average Bonchev–Trinajstić information content (AvgIpc) is 3.11. The Morgan fingerprint density at radius 1 is 0.517 bits per heavy atom. The number of hydrogen-bond donors (Lipinski definition) is 0. The van der Waals surface area contributed by atoms with Gasteiger partial charge in [-0.05, 0) is 52.8 Å². The Hall–Kier alpha value is -3.38. The zero-order chi connectivity index (χ0) is 19.8. The standard InChI is InChI=1S/C29H24/c1-20-12-16-23(17-13-20)27-25-10-6-7-11-26(25)28(24-18-14-21(2)15-19-24)29(27)22-8-4-3-5-9-22/h3-19,27H,1-2H3. The molecule has 140 valence electrons. The fourth-order valence-electron chi connectivity index (χ4n) is 4.49. The SMILES string of the molecule is Cc1ccc(C2=C(c3ccccc3)C(c3ccc(C)cc3)c3ccccc32)cc1. The van der Waals surface area contributed by atoms with Crippen molar-refractivity contribution < 1.29 is 0 Å². The van der Waals surface area contributed by atoms with Crippen LogP contribution in [-0.4, -0.2) is 0 Å². The first kappa shape index (κ1) is 17.7. The van der Waals surface area contributed by atoms with Gasteiger partial charge in [-0.3, -0.25) is 0 Å². The average molecular weight is 373 g/mol. The summed E-state index contributed by atoms with van der Waals surface area (Å²) in [6.45, 7) is 4.30. The van der Waals surface area contributed by atoms with Gasteiger partial charge >= 0.3 is 0 Å². The summed E-state index contributed by atoms with van der Waals surface area (Å²) in [4.78, 5) is 0. The first-order valence-corrected chi connectivity index (χ1v) is 10.2. The second-order valence-corrected chi connectivity index (χ2v) is 7.95. The van der Waals surface area contributed by atoms with Crippen LogP contribution in [0.4, 0.5) is 0 Å². The Morgan fingerprint density at radius 3 is 1.79 bits per heavy atom. The monoisotopic (exact) mass is 372 g/mol. The number of aryl methyl sites for hydroxylation is 2. The Balaban J connectivity index is 1.83.